The minimum Gasteiger partial charge on any atom is -0.357 e. The van der Waals surface area contributed by atoms with Gasteiger partial charge in [-0.05, 0) is 41.2 Å². The second kappa shape index (κ2) is 11.9. The van der Waals surface area contributed by atoms with Crippen LogP contribution in [0.5, 0.6) is 0 Å². The van der Waals surface area contributed by atoms with Crippen molar-refractivity contribution in [3.05, 3.63) is 70.8 Å². The molecule has 0 fully saturated rings. The Labute approximate surface area is 198 Å². The largest absolute Gasteiger partial charge is 0.357 e. The van der Waals surface area contributed by atoms with E-state index < -0.39 is 0 Å². The van der Waals surface area contributed by atoms with Crippen molar-refractivity contribution >= 4 is 35.8 Å². The van der Waals surface area contributed by atoms with Crippen molar-refractivity contribution in [3.63, 3.8) is 0 Å². The van der Waals surface area contributed by atoms with E-state index in [0.29, 0.717) is 18.7 Å². The summed E-state index contributed by atoms with van der Waals surface area (Å²) in [6, 6.07) is 16.3. The molecular formula is C24H35IN4O. The normalized spacial score (nSPS) is 11.5. The summed E-state index contributed by atoms with van der Waals surface area (Å²) in [7, 11) is 3.51. The van der Waals surface area contributed by atoms with E-state index in [1.165, 1.54) is 11.1 Å². The number of aliphatic imine (C=N–C) groups is 1. The van der Waals surface area contributed by atoms with Gasteiger partial charge in [0.05, 0.1) is 6.54 Å². The summed E-state index contributed by atoms with van der Waals surface area (Å²) in [4.78, 5) is 18.2. The maximum atomic E-state index is 12.0. The summed E-state index contributed by atoms with van der Waals surface area (Å²) in [5.41, 5.74) is 4.46. The van der Waals surface area contributed by atoms with Gasteiger partial charge < -0.3 is 15.5 Å². The van der Waals surface area contributed by atoms with Gasteiger partial charge in [-0.2, -0.15) is 0 Å². The number of carbonyl (C=O) groups excluding carboxylic acids is 1. The van der Waals surface area contributed by atoms with Gasteiger partial charge in [0.15, 0.2) is 5.96 Å². The van der Waals surface area contributed by atoms with E-state index in [1.54, 1.807) is 19.0 Å². The molecule has 0 saturated carbocycles. The van der Waals surface area contributed by atoms with Crippen LogP contribution in [-0.4, -0.2) is 37.4 Å². The minimum atomic E-state index is 0. The quantitative estimate of drug-likeness (QED) is 0.332. The Hall–Kier alpha value is -2.09. The van der Waals surface area contributed by atoms with Gasteiger partial charge in [-0.15, -0.1) is 24.0 Å². The van der Waals surface area contributed by atoms with Gasteiger partial charge in [-0.3, -0.25) is 4.79 Å². The first-order valence-electron chi connectivity index (χ1n) is 10.1. The van der Waals surface area contributed by atoms with Gasteiger partial charge >= 0.3 is 0 Å². The highest BCUT2D eigenvalue weighted by atomic mass is 127. The van der Waals surface area contributed by atoms with E-state index in [4.69, 9.17) is 0 Å². The molecule has 164 valence electrons. The molecule has 5 nitrogen and oxygen atoms in total. The molecule has 6 heteroatoms. The van der Waals surface area contributed by atoms with Crippen LogP contribution >= 0.6 is 24.0 Å². The molecule has 2 aromatic carbocycles. The van der Waals surface area contributed by atoms with E-state index in [1.807, 2.05) is 24.3 Å². The third-order valence-corrected chi connectivity index (χ3v) is 4.65. The maximum absolute atomic E-state index is 12.0. The Kier molecular flexibility index (Phi) is 10.3. The molecule has 2 N–H and O–H groups in total. The lowest BCUT2D eigenvalue weighted by molar-refractivity contribution is 0.0827. The van der Waals surface area contributed by atoms with Crippen LogP contribution in [0.3, 0.4) is 0 Å². The number of nitrogens with zero attached hydrogens (tertiary/aromatic N) is 2. The summed E-state index contributed by atoms with van der Waals surface area (Å²) >= 11 is 0. The Morgan fingerprint density at radius 1 is 0.933 bits per heavy atom. The van der Waals surface area contributed by atoms with E-state index in [9.17, 15) is 4.79 Å². The second-order valence-electron chi connectivity index (χ2n) is 8.39. The van der Waals surface area contributed by atoms with Crippen LogP contribution in [0, 0.1) is 0 Å². The van der Waals surface area contributed by atoms with Crippen LogP contribution in [0.2, 0.25) is 0 Å². The number of halogens is 1. The molecule has 1 amide bonds. The van der Waals surface area contributed by atoms with Crippen molar-refractivity contribution in [2.45, 2.75) is 46.2 Å². The lowest BCUT2D eigenvalue weighted by Crippen LogP contribution is -2.36. The topological polar surface area (TPSA) is 56.7 Å². The van der Waals surface area contributed by atoms with Gasteiger partial charge in [0.25, 0.3) is 5.91 Å². The Morgan fingerprint density at radius 3 is 2.00 bits per heavy atom. The predicted octanol–water partition coefficient (Wildman–Crippen LogP) is 4.56. The first kappa shape index (κ1) is 25.9. The van der Waals surface area contributed by atoms with Crippen molar-refractivity contribution in [1.82, 2.24) is 15.5 Å². The first-order chi connectivity index (χ1) is 13.7. The molecule has 0 heterocycles. The lowest BCUT2D eigenvalue weighted by atomic mass is 9.87. The summed E-state index contributed by atoms with van der Waals surface area (Å²) in [6.07, 6.45) is 0. The number of rotatable bonds is 6. The average molecular weight is 522 g/mol. The standard InChI is InChI=1S/C24H34N4O.HI/c1-7-25-23(27-17-19-10-14-21(15-11-19)24(2,3)4)26-16-18-8-12-20(13-9-18)22(29)28(5)6;/h8-15H,7,16-17H2,1-6H3,(H2,25,26,27);1H. The van der Waals surface area contributed by atoms with Gasteiger partial charge in [0, 0.05) is 32.7 Å². The van der Waals surface area contributed by atoms with Crippen molar-refractivity contribution in [2.24, 2.45) is 4.99 Å². The molecule has 0 saturated heterocycles. The zero-order valence-corrected chi connectivity index (χ0v) is 21.3. The first-order valence-corrected chi connectivity index (χ1v) is 10.1. The van der Waals surface area contributed by atoms with Crippen LogP contribution in [-0.2, 0) is 18.5 Å². The minimum absolute atomic E-state index is 0. The van der Waals surface area contributed by atoms with Crippen LogP contribution in [0.25, 0.3) is 0 Å². The Bertz CT molecular complexity index is 822. The third-order valence-electron chi connectivity index (χ3n) is 4.65. The van der Waals surface area contributed by atoms with Crippen molar-refractivity contribution in [1.29, 1.82) is 0 Å². The van der Waals surface area contributed by atoms with Crippen LogP contribution in [0.4, 0.5) is 0 Å². The number of hydrogen-bond donors (Lipinski definition) is 2. The molecule has 0 aliphatic heterocycles. The molecule has 0 aliphatic rings. The highest BCUT2D eigenvalue weighted by Gasteiger charge is 2.12. The fourth-order valence-electron chi connectivity index (χ4n) is 2.83. The van der Waals surface area contributed by atoms with Crippen molar-refractivity contribution in [3.8, 4) is 0 Å². The second-order valence-corrected chi connectivity index (χ2v) is 8.39. The number of nitrogens with one attached hydrogen (secondary N) is 2. The van der Waals surface area contributed by atoms with Gasteiger partial charge in [0.1, 0.15) is 0 Å². The smallest absolute Gasteiger partial charge is 0.253 e. The number of benzene rings is 2. The van der Waals surface area contributed by atoms with Gasteiger partial charge in [-0.25, -0.2) is 4.99 Å². The summed E-state index contributed by atoms with van der Waals surface area (Å²) in [5.74, 6) is 0.786. The van der Waals surface area contributed by atoms with Crippen molar-refractivity contribution in [2.75, 3.05) is 20.6 Å². The highest BCUT2D eigenvalue weighted by Crippen LogP contribution is 2.22. The molecule has 0 unspecified atom stereocenters. The van der Waals surface area contributed by atoms with E-state index in [0.717, 1.165) is 18.1 Å². The molecule has 30 heavy (non-hydrogen) atoms. The lowest BCUT2D eigenvalue weighted by Gasteiger charge is -2.19. The molecule has 2 aromatic rings. The van der Waals surface area contributed by atoms with Gasteiger partial charge in [0.2, 0.25) is 0 Å². The molecule has 2 rings (SSSR count). The fraction of sp³-hybridized carbons (Fsp3) is 0.417. The zero-order valence-electron chi connectivity index (χ0n) is 19.0. The van der Waals surface area contributed by atoms with Gasteiger partial charge in [-0.1, -0.05) is 57.2 Å². The van der Waals surface area contributed by atoms with E-state index in [2.05, 4.69) is 67.6 Å². The monoisotopic (exact) mass is 522 g/mol. The Balaban J connectivity index is 0.00000450. The molecule has 0 spiro atoms. The molecule has 0 aromatic heterocycles. The third kappa shape index (κ3) is 7.97. The SMILES string of the molecule is CCNC(=NCc1ccc(C(=O)N(C)C)cc1)NCc1ccc(C(C)(C)C)cc1.I. The number of amides is 1. The molecule has 0 atom stereocenters. The van der Waals surface area contributed by atoms with Crippen LogP contribution < -0.4 is 10.6 Å². The average Bonchev–Trinajstić information content (AvgIpc) is 2.69. The predicted molar refractivity (Wildman–Crippen MR) is 137 cm³/mol. The van der Waals surface area contributed by atoms with Crippen molar-refractivity contribution < 1.29 is 4.79 Å². The molecule has 0 radical (unpaired) electrons. The molecule has 0 bridgehead atoms. The molecular weight excluding hydrogens is 487 g/mol. The number of hydrogen-bond acceptors (Lipinski definition) is 2. The number of guanidine groups is 1. The van der Waals surface area contributed by atoms with E-state index in [-0.39, 0.29) is 35.3 Å². The highest BCUT2D eigenvalue weighted by molar-refractivity contribution is 14.0. The molecule has 0 aliphatic carbocycles. The van der Waals surface area contributed by atoms with Crippen LogP contribution in [0.1, 0.15) is 54.7 Å². The Morgan fingerprint density at radius 2 is 1.50 bits per heavy atom. The summed E-state index contributed by atoms with van der Waals surface area (Å²) in [6.45, 7) is 10.8. The summed E-state index contributed by atoms with van der Waals surface area (Å²) in [5, 5.41) is 6.67. The number of carbonyl (C=O) groups is 1. The fourth-order valence-corrected chi connectivity index (χ4v) is 2.83. The maximum Gasteiger partial charge on any atom is 0.253 e. The summed E-state index contributed by atoms with van der Waals surface area (Å²) < 4.78 is 0. The van der Waals surface area contributed by atoms with Crippen LogP contribution in [0.15, 0.2) is 53.5 Å². The van der Waals surface area contributed by atoms with E-state index >= 15 is 0 Å². The zero-order chi connectivity index (χ0) is 21.4.